The van der Waals surface area contributed by atoms with Crippen molar-refractivity contribution in [2.75, 3.05) is 13.1 Å². The molecule has 0 aromatic carbocycles. The Hall–Kier alpha value is -0.930. The van der Waals surface area contributed by atoms with E-state index in [4.69, 9.17) is 0 Å². The number of rotatable bonds is 1. The van der Waals surface area contributed by atoms with Crippen molar-refractivity contribution in [1.29, 1.82) is 0 Å². The zero-order valence-electron chi connectivity index (χ0n) is 8.03. The molecule has 1 aliphatic carbocycles. The van der Waals surface area contributed by atoms with E-state index in [0.717, 1.165) is 31.5 Å². The average Bonchev–Trinajstić information content (AvgIpc) is 2.11. The topological polar surface area (TPSA) is 45.2 Å². The van der Waals surface area contributed by atoms with Gasteiger partial charge in [0, 0.05) is 36.5 Å². The van der Waals surface area contributed by atoms with Gasteiger partial charge in [0.05, 0.1) is 5.60 Å². The number of aromatic nitrogens is 1. The summed E-state index contributed by atoms with van der Waals surface area (Å²) in [6.45, 7) is 2.13. The normalized spacial score (nSPS) is 26.6. The molecular formula is C11H14N2O. The molecule has 1 aromatic rings. The fourth-order valence-corrected chi connectivity index (χ4v) is 2.76. The Kier molecular flexibility index (Phi) is 1.53. The highest BCUT2D eigenvalue weighted by molar-refractivity contribution is 5.26. The first-order chi connectivity index (χ1) is 6.73. The molecule has 1 spiro atoms. The Morgan fingerprint density at radius 3 is 2.64 bits per heavy atom. The molecule has 3 heteroatoms. The lowest BCUT2D eigenvalue weighted by atomic mass is 9.54. The van der Waals surface area contributed by atoms with Gasteiger partial charge in [0.2, 0.25) is 0 Å². The third kappa shape index (κ3) is 1.03. The Morgan fingerprint density at radius 1 is 1.36 bits per heavy atom. The summed E-state index contributed by atoms with van der Waals surface area (Å²) in [4.78, 5) is 4.05. The lowest BCUT2D eigenvalue weighted by Crippen LogP contribution is -2.65. The van der Waals surface area contributed by atoms with Crippen LogP contribution in [0.3, 0.4) is 0 Å². The molecule has 0 bridgehead atoms. The number of nitrogens with one attached hydrogen (secondary N) is 1. The van der Waals surface area contributed by atoms with Crippen LogP contribution in [0.25, 0.3) is 0 Å². The van der Waals surface area contributed by atoms with E-state index in [1.54, 1.807) is 12.4 Å². The van der Waals surface area contributed by atoms with Crippen LogP contribution < -0.4 is 5.32 Å². The summed E-state index contributed by atoms with van der Waals surface area (Å²) in [5.41, 5.74) is 0.763. The van der Waals surface area contributed by atoms with Gasteiger partial charge >= 0.3 is 0 Å². The van der Waals surface area contributed by atoms with Crippen LogP contribution in [0.5, 0.6) is 0 Å². The fraction of sp³-hybridized carbons (Fsp3) is 0.545. The third-order valence-corrected chi connectivity index (χ3v) is 3.53. The molecule has 0 unspecified atom stereocenters. The first kappa shape index (κ1) is 8.38. The summed E-state index contributed by atoms with van der Waals surface area (Å²) in [6.07, 6.45) is 5.29. The van der Waals surface area contributed by atoms with Crippen molar-refractivity contribution in [1.82, 2.24) is 10.3 Å². The van der Waals surface area contributed by atoms with E-state index >= 15 is 0 Å². The van der Waals surface area contributed by atoms with Gasteiger partial charge in [-0.3, -0.25) is 4.98 Å². The van der Waals surface area contributed by atoms with Gasteiger partial charge in [-0.1, -0.05) is 6.07 Å². The van der Waals surface area contributed by atoms with Crippen molar-refractivity contribution in [3.63, 3.8) is 0 Å². The highest BCUT2D eigenvalue weighted by atomic mass is 16.3. The zero-order valence-corrected chi connectivity index (χ0v) is 8.03. The van der Waals surface area contributed by atoms with Crippen molar-refractivity contribution in [2.45, 2.75) is 18.4 Å². The molecule has 2 heterocycles. The van der Waals surface area contributed by atoms with Crippen LogP contribution in [0.1, 0.15) is 18.4 Å². The maximum absolute atomic E-state index is 10.3. The first-order valence-electron chi connectivity index (χ1n) is 5.06. The van der Waals surface area contributed by atoms with Gasteiger partial charge in [-0.2, -0.15) is 0 Å². The number of nitrogens with zero attached hydrogens (tertiary/aromatic N) is 1. The molecule has 2 aliphatic rings. The molecular weight excluding hydrogens is 176 g/mol. The number of pyridine rings is 1. The molecule has 0 amide bonds. The molecule has 1 saturated heterocycles. The van der Waals surface area contributed by atoms with Crippen molar-refractivity contribution in [3.05, 3.63) is 30.1 Å². The van der Waals surface area contributed by atoms with E-state index < -0.39 is 5.60 Å². The van der Waals surface area contributed by atoms with Crippen molar-refractivity contribution < 1.29 is 5.11 Å². The van der Waals surface area contributed by atoms with Crippen molar-refractivity contribution in [3.8, 4) is 0 Å². The number of hydrogen-bond donors (Lipinski definition) is 2. The standard InChI is InChI=1S/C11H14N2O/c14-11(9-2-1-3-12-4-9)5-10(6-11)7-13-8-10/h1-4,13-14H,5-8H2. The summed E-state index contributed by atoms with van der Waals surface area (Å²) < 4.78 is 0. The second kappa shape index (κ2) is 2.55. The van der Waals surface area contributed by atoms with Crippen LogP contribution in [0.2, 0.25) is 0 Å². The SMILES string of the molecule is OC1(c2cccnc2)CC2(CNC2)C1. The smallest absolute Gasteiger partial charge is 0.0923 e. The summed E-state index contributed by atoms with van der Waals surface area (Å²) >= 11 is 0. The van der Waals surface area contributed by atoms with E-state index in [1.165, 1.54) is 0 Å². The molecule has 1 aliphatic heterocycles. The molecule has 3 rings (SSSR count). The molecule has 0 radical (unpaired) electrons. The van der Waals surface area contributed by atoms with Gasteiger partial charge in [0.25, 0.3) is 0 Å². The predicted molar refractivity (Wildman–Crippen MR) is 52.7 cm³/mol. The van der Waals surface area contributed by atoms with Crippen LogP contribution in [0.15, 0.2) is 24.5 Å². The minimum atomic E-state index is -0.601. The van der Waals surface area contributed by atoms with Gasteiger partial charge in [0.15, 0.2) is 0 Å². The minimum absolute atomic E-state index is 0.393. The van der Waals surface area contributed by atoms with Crippen LogP contribution in [-0.4, -0.2) is 23.2 Å². The molecule has 1 aromatic heterocycles. The molecule has 2 fully saturated rings. The summed E-state index contributed by atoms with van der Waals surface area (Å²) in [5, 5.41) is 13.6. The fourth-order valence-electron chi connectivity index (χ4n) is 2.76. The van der Waals surface area contributed by atoms with E-state index in [0.29, 0.717) is 5.41 Å². The second-order valence-corrected chi connectivity index (χ2v) is 4.73. The quantitative estimate of drug-likeness (QED) is 0.683. The van der Waals surface area contributed by atoms with E-state index in [2.05, 4.69) is 10.3 Å². The molecule has 14 heavy (non-hydrogen) atoms. The Balaban J connectivity index is 1.81. The summed E-state index contributed by atoms with van der Waals surface area (Å²) in [5.74, 6) is 0. The predicted octanol–water partition coefficient (Wildman–Crippen LogP) is 0.653. The lowest BCUT2D eigenvalue weighted by molar-refractivity contribution is -0.155. The minimum Gasteiger partial charge on any atom is -0.385 e. The third-order valence-electron chi connectivity index (χ3n) is 3.53. The Labute approximate surface area is 83.2 Å². The molecule has 3 nitrogen and oxygen atoms in total. The zero-order chi connectivity index (χ0) is 9.65. The Bertz CT molecular complexity index is 338. The van der Waals surface area contributed by atoms with Gasteiger partial charge in [0.1, 0.15) is 0 Å². The largest absolute Gasteiger partial charge is 0.385 e. The Morgan fingerprint density at radius 2 is 2.14 bits per heavy atom. The maximum Gasteiger partial charge on any atom is 0.0923 e. The lowest BCUT2D eigenvalue weighted by Gasteiger charge is -2.58. The van der Waals surface area contributed by atoms with Gasteiger partial charge in [-0.05, 0) is 18.9 Å². The van der Waals surface area contributed by atoms with Gasteiger partial charge in [-0.15, -0.1) is 0 Å². The van der Waals surface area contributed by atoms with E-state index in [9.17, 15) is 5.11 Å². The summed E-state index contributed by atoms with van der Waals surface area (Å²) in [6, 6.07) is 3.85. The van der Waals surface area contributed by atoms with E-state index in [-0.39, 0.29) is 0 Å². The van der Waals surface area contributed by atoms with Crippen molar-refractivity contribution in [2.24, 2.45) is 5.41 Å². The highest BCUT2D eigenvalue weighted by Crippen LogP contribution is 2.55. The van der Waals surface area contributed by atoms with Crippen molar-refractivity contribution >= 4 is 0 Å². The van der Waals surface area contributed by atoms with Crippen LogP contribution >= 0.6 is 0 Å². The number of hydrogen-bond acceptors (Lipinski definition) is 3. The van der Waals surface area contributed by atoms with E-state index in [1.807, 2.05) is 12.1 Å². The summed E-state index contributed by atoms with van der Waals surface area (Å²) in [7, 11) is 0. The number of aliphatic hydroxyl groups is 1. The van der Waals surface area contributed by atoms with Gasteiger partial charge in [-0.25, -0.2) is 0 Å². The first-order valence-corrected chi connectivity index (χ1v) is 5.06. The highest BCUT2D eigenvalue weighted by Gasteiger charge is 2.57. The molecule has 1 saturated carbocycles. The monoisotopic (exact) mass is 190 g/mol. The van der Waals surface area contributed by atoms with Crippen LogP contribution in [0.4, 0.5) is 0 Å². The van der Waals surface area contributed by atoms with Crippen LogP contribution in [0, 0.1) is 5.41 Å². The second-order valence-electron chi connectivity index (χ2n) is 4.73. The van der Waals surface area contributed by atoms with Gasteiger partial charge < -0.3 is 10.4 Å². The van der Waals surface area contributed by atoms with Crippen LogP contribution in [-0.2, 0) is 5.60 Å². The maximum atomic E-state index is 10.3. The molecule has 0 atom stereocenters. The molecule has 74 valence electrons. The molecule has 2 N–H and O–H groups in total. The average molecular weight is 190 g/mol.